The Kier molecular flexibility index (Phi) is 5.65. The number of benzene rings is 2. The van der Waals surface area contributed by atoms with Crippen molar-refractivity contribution in [1.29, 1.82) is 0 Å². The van der Waals surface area contributed by atoms with Crippen molar-refractivity contribution in [2.24, 2.45) is 0 Å². The maximum Gasteiger partial charge on any atom is 0.252 e. The number of hydrogen-bond donors (Lipinski definition) is 1. The number of amides is 1. The first kappa shape index (κ1) is 17.0. The number of nitrogens with zero attached hydrogens (tertiary/aromatic N) is 1. The Hall–Kier alpha value is -2.84. The first-order chi connectivity index (χ1) is 12.2. The molecule has 1 aromatic heterocycles. The number of carbonyl (C=O) groups is 1. The van der Waals surface area contributed by atoms with Crippen LogP contribution in [0.15, 0.2) is 65.3 Å². The SMILES string of the molecule is O=C(NCC#CCOc1cccc2cccnc12)c1ccc(Br)cc1. The highest BCUT2D eigenvalue weighted by Gasteiger charge is 2.03. The van der Waals surface area contributed by atoms with E-state index in [1.807, 2.05) is 42.5 Å². The summed E-state index contributed by atoms with van der Waals surface area (Å²) in [6.45, 7) is 0.510. The van der Waals surface area contributed by atoms with E-state index in [-0.39, 0.29) is 19.1 Å². The zero-order valence-electron chi connectivity index (χ0n) is 13.3. The van der Waals surface area contributed by atoms with Gasteiger partial charge < -0.3 is 10.1 Å². The maximum absolute atomic E-state index is 11.9. The first-order valence-electron chi connectivity index (χ1n) is 7.70. The molecule has 0 unspecified atom stereocenters. The number of nitrogens with one attached hydrogen (secondary N) is 1. The summed E-state index contributed by atoms with van der Waals surface area (Å²) in [6, 6.07) is 16.8. The Labute approximate surface area is 154 Å². The van der Waals surface area contributed by atoms with Crippen LogP contribution in [0.4, 0.5) is 0 Å². The summed E-state index contributed by atoms with van der Waals surface area (Å²) in [5, 5.41) is 3.77. The minimum atomic E-state index is -0.152. The second-order valence-corrected chi connectivity index (χ2v) is 6.08. The molecule has 1 heterocycles. The van der Waals surface area contributed by atoms with Gasteiger partial charge in [0.25, 0.3) is 5.91 Å². The zero-order valence-corrected chi connectivity index (χ0v) is 14.9. The number of para-hydroxylation sites is 1. The van der Waals surface area contributed by atoms with Gasteiger partial charge in [0.15, 0.2) is 0 Å². The van der Waals surface area contributed by atoms with Gasteiger partial charge in [-0.05, 0) is 36.4 Å². The van der Waals surface area contributed by atoms with E-state index in [1.54, 1.807) is 18.3 Å². The highest BCUT2D eigenvalue weighted by atomic mass is 79.9. The largest absolute Gasteiger partial charge is 0.479 e. The molecule has 0 bridgehead atoms. The number of rotatable bonds is 4. The second-order valence-electron chi connectivity index (χ2n) is 5.16. The Bertz CT molecular complexity index is 938. The zero-order chi connectivity index (χ0) is 17.5. The molecule has 3 aromatic rings. The van der Waals surface area contributed by atoms with Crippen molar-refractivity contribution in [2.45, 2.75) is 0 Å². The van der Waals surface area contributed by atoms with Crippen molar-refractivity contribution in [3.63, 3.8) is 0 Å². The lowest BCUT2D eigenvalue weighted by atomic mass is 10.2. The fourth-order valence-electron chi connectivity index (χ4n) is 2.25. The van der Waals surface area contributed by atoms with Crippen LogP contribution in [0.25, 0.3) is 10.9 Å². The quantitative estimate of drug-likeness (QED) is 0.684. The molecule has 1 amide bonds. The van der Waals surface area contributed by atoms with Crippen molar-refractivity contribution in [1.82, 2.24) is 10.3 Å². The summed E-state index contributed by atoms with van der Waals surface area (Å²) in [4.78, 5) is 16.2. The molecule has 0 aliphatic carbocycles. The molecule has 0 atom stereocenters. The molecular weight excluding hydrogens is 380 g/mol. The van der Waals surface area contributed by atoms with Gasteiger partial charge in [-0.2, -0.15) is 0 Å². The lowest BCUT2D eigenvalue weighted by Gasteiger charge is -2.05. The summed E-state index contributed by atoms with van der Waals surface area (Å²) >= 11 is 3.34. The van der Waals surface area contributed by atoms with Gasteiger partial charge in [-0.1, -0.05) is 46.0 Å². The average Bonchev–Trinajstić information content (AvgIpc) is 2.65. The van der Waals surface area contributed by atoms with Crippen LogP contribution in [-0.4, -0.2) is 24.0 Å². The number of pyridine rings is 1. The predicted molar refractivity (Wildman–Crippen MR) is 101 cm³/mol. The fraction of sp³-hybridized carbons (Fsp3) is 0.100. The number of hydrogen-bond acceptors (Lipinski definition) is 3. The molecule has 0 aliphatic rings. The third kappa shape index (κ3) is 4.59. The summed E-state index contributed by atoms with van der Waals surface area (Å²) in [5.41, 5.74) is 1.42. The molecule has 0 saturated heterocycles. The van der Waals surface area contributed by atoms with Crippen molar-refractivity contribution in [3.05, 3.63) is 70.8 Å². The van der Waals surface area contributed by atoms with E-state index in [0.29, 0.717) is 11.3 Å². The Morgan fingerprint density at radius 3 is 2.72 bits per heavy atom. The fourth-order valence-corrected chi connectivity index (χ4v) is 2.51. The average molecular weight is 395 g/mol. The number of aromatic nitrogens is 1. The molecule has 1 N–H and O–H groups in total. The molecule has 0 saturated carbocycles. The number of ether oxygens (including phenoxy) is 1. The van der Waals surface area contributed by atoms with Crippen LogP contribution < -0.4 is 10.1 Å². The third-order valence-electron chi connectivity index (χ3n) is 3.46. The van der Waals surface area contributed by atoms with Crippen LogP contribution in [0.1, 0.15) is 10.4 Å². The summed E-state index contributed by atoms with van der Waals surface area (Å²) in [7, 11) is 0. The predicted octanol–water partition coefficient (Wildman–Crippen LogP) is 3.81. The van der Waals surface area contributed by atoms with Gasteiger partial charge in [0.05, 0.1) is 6.54 Å². The molecule has 5 heteroatoms. The van der Waals surface area contributed by atoms with Crippen LogP contribution in [0.3, 0.4) is 0 Å². The summed E-state index contributed by atoms with van der Waals surface area (Å²) in [5.74, 6) is 6.32. The highest BCUT2D eigenvalue weighted by Crippen LogP contribution is 2.22. The van der Waals surface area contributed by atoms with Gasteiger partial charge in [0, 0.05) is 21.6 Å². The van der Waals surface area contributed by atoms with E-state index in [9.17, 15) is 4.79 Å². The molecule has 3 rings (SSSR count). The molecule has 2 aromatic carbocycles. The van der Waals surface area contributed by atoms with Crippen molar-refractivity contribution in [2.75, 3.05) is 13.2 Å². The van der Waals surface area contributed by atoms with Crippen molar-refractivity contribution < 1.29 is 9.53 Å². The summed E-state index contributed by atoms with van der Waals surface area (Å²) in [6.07, 6.45) is 1.73. The minimum absolute atomic E-state index is 0.152. The first-order valence-corrected chi connectivity index (χ1v) is 8.49. The molecule has 0 spiro atoms. The van der Waals surface area contributed by atoms with E-state index in [1.165, 1.54) is 0 Å². The minimum Gasteiger partial charge on any atom is -0.479 e. The lowest BCUT2D eigenvalue weighted by molar-refractivity contribution is 0.0958. The van der Waals surface area contributed by atoms with Crippen LogP contribution >= 0.6 is 15.9 Å². The molecule has 124 valence electrons. The van der Waals surface area contributed by atoms with Crippen LogP contribution in [0.5, 0.6) is 5.75 Å². The smallest absolute Gasteiger partial charge is 0.252 e. The second kappa shape index (κ2) is 8.32. The highest BCUT2D eigenvalue weighted by molar-refractivity contribution is 9.10. The number of fused-ring (bicyclic) bond motifs is 1. The lowest BCUT2D eigenvalue weighted by Crippen LogP contribution is -2.23. The van der Waals surface area contributed by atoms with Gasteiger partial charge in [0.1, 0.15) is 17.9 Å². The topological polar surface area (TPSA) is 51.2 Å². The van der Waals surface area contributed by atoms with Crippen LogP contribution in [-0.2, 0) is 0 Å². The molecule has 25 heavy (non-hydrogen) atoms. The van der Waals surface area contributed by atoms with Crippen molar-refractivity contribution in [3.8, 4) is 17.6 Å². The third-order valence-corrected chi connectivity index (χ3v) is 3.99. The van der Waals surface area contributed by atoms with E-state index in [4.69, 9.17) is 4.74 Å². The van der Waals surface area contributed by atoms with E-state index < -0.39 is 0 Å². The Morgan fingerprint density at radius 1 is 1.08 bits per heavy atom. The number of carbonyl (C=O) groups excluding carboxylic acids is 1. The van der Waals surface area contributed by atoms with E-state index in [0.717, 1.165) is 15.4 Å². The molecule has 0 fully saturated rings. The molecular formula is C20H15BrN2O2. The Morgan fingerprint density at radius 2 is 1.88 bits per heavy atom. The molecule has 0 radical (unpaired) electrons. The van der Waals surface area contributed by atoms with Gasteiger partial charge >= 0.3 is 0 Å². The van der Waals surface area contributed by atoms with Gasteiger partial charge in [-0.15, -0.1) is 0 Å². The van der Waals surface area contributed by atoms with Gasteiger partial charge in [-0.3, -0.25) is 9.78 Å². The monoisotopic (exact) mass is 394 g/mol. The van der Waals surface area contributed by atoms with E-state index >= 15 is 0 Å². The molecule has 4 nitrogen and oxygen atoms in total. The summed E-state index contributed by atoms with van der Waals surface area (Å²) < 4.78 is 6.60. The van der Waals surface area contributed by atoms with Gasteiger partial charge in [-0.25, -0.2) is 0 Å². The van der Waals surface area contributed by atoms with Crippen LogP contribution in [0, 0.1) is 11.8 Å². The van der Waals surface area contributed by atoms with Crippen molar-refractivity contribution >= 4 is 32.7 Å². The number of halogens is 1. The van der Waals surface area contributed by atoms with E-state index in [2.05, 4.69) is 38.1 Å². The van der Waals surface area contributed by atoms with Gasteiger partial charge in [0.2, 0.25) is 0 Å². The van der Waals surface area contributed by atoms with Crippen LogP contribution in [0.2, 0.25) is 0 Å². The Balaban J connectivity index is 1.50. The maximum atomic E-state index is 11.9. The normalized spacial score (nSPS) is 9.96. The molecule has 0 aliphatic heterocycles. The standard InChI is InChI=1S/C20H15BrN2O2/c21-17-10-8-16(9-11-17)20(24)23-12-1-2-14-25-18-7-3-5-15-6-4-13-22-19(15)18/h3-11,13H,12,14H2,(H,23,24).